The van der Waals surface area contributed by atoms with E-state index in [9.17, 15) is 4.79 Å². The highest BCUT2D eigenvalue weighted by atomic mass is 32.1. The lowest BCUT2D eigenvalue weighted by molar-refractivity contribution is -0.123. The SMILES string of the molecule is CC(C)(C)c1ccccc1OCC(=O)NCc1nc2ccccc2s1. The zero-order chi connectivity index (χ0) is 17.9. The Morgan fingerprint density at radius 2 is 1.84 bits per heavy atom. The summed E-state index contributed by atoms with van der Waals surface area (Å²) in [7, 11) is 0. The number of hydrogen-bond acceptors (Lipinski definition) is 4. The lowest BCUT2D eigenvalue weighted by Crippen LogP contribution is -2.28. The van der Waals surface area contributed by atoms with Gasteiger partial charge in [0.1, 0.15) is 10.8 Å². The number of thiazole rings is 1. The molecule has 0 atom stereocenters. The van der Waals surface area contributed by atoms with Crippen molar-refractivity contribution in [2.75, 3.05) is 6.61 Å². The van der Waals surface area contributed by atoms with Crippen molar-refractivity contribution < 1.29 is 9.53 Å². The van der Waals surface area contributed by atoms with Gasteiger partial charge >= 0.3 is 0 Å². The minimum Gasteiger partial charge on any atom is -0.483 e. The van der Waals surface area contributed by atoms with Crippen LogP contribution in [0, 0.1) is 0 Å². The maximum atomic E-state index is 12.1. The number of carbonyl (C=O) groups excluding carboxylic acids is 1. The zero-order valence-corrected chi connectivity index (χ0v) is 15.5. The third kappa shape index (κ3) is 4.37. The van der Waals surface area contributed by atoms with Gasteiger partial charge in [-0.2, -0.15) is 0 Å². The van der Waals surface area contributed by atoms with E-state index in [1.54, 1.807) is 11.3 Å². The molecule has 0 saturated carbocycles. The van der Waals surface area contributed by atoms with Crippen LogP contribution in [0.2, 0.25) is 0 Å². The standard InChI is InChI=1S/C20H22N2O2S/c1-20(2,3)14-8-4-6-10-16(14)24-13-18(23)21-12-19-22-15-9-5-7-11-17(15)25-19/h4-11H,12-13H2,1-3H3,(H,21,23). The van der Waals surface area contributed by atoms with Gasteiger partial charge in [0, 0.05) is 0 Å². The monoisotopic (exact) mass is 354 g/mol. The number of carbonyl (C=O) groups is 1. The van der Waals surface area contributed by atoms with E-state index in [0.717, 1.165) is 26.5 Å². The molecular formula is C20H22N2O2S. The number of rotatable bonds is 5. The number of ether oxygens (including phenoxy) is 1. The molecule has 0 spiro atoms. The lowest BCUT2D eigenvalue weighted by atomic mass is 9.86. The summed E-state index contributed by atoms with van der Waals surface area (Å²) in [5.41, 5.74) is 2.02. The maximum Gasteiger partial charge on any atom is 0.258 e. The Morgan fingerprint density at radius 1 is 1.12 bits per heavy atom. The average molecular weight is 354 g/mol. The molecule has 0 fully saturated rings. The number of para-hydroxylation sites is 2. The number of fused-ring (bicyclic) bond motifs is 1. The van der Waals surface area contributed by atoms with Crippen LogP contribution in [0.1, 0.15) is 31.3 Å². The first kappa shape index (κ1) is 17.4. The predicted molar refractivity (Wildman–Crippen MR) is 102 cm³/mol. The highest BCUT2D eigenvalue weighted by molar-refractivity contribution is 7.18. The number of hydrogen-bond donors (Lipinski definition) is 1. The van der Waals surface area contributed by atoms with Crippen LogP contribution < -0.4 is 10.1 Å². The summed E-state index contributed by atoms with van der Waals surface area (Å²) in [5, 5.41) is 3.77. The Hall–Kier alpha value is -2.40. The van der Waals surface area contributed by atoms with Crippen LogP contribution in [-0.2, 0) is 16.8 Å². The van der Waals surface area contributed by atoms with Crippen LogP contribution in [0.4, 0.5) is 0 Å². The lowest BCUT2D eigenvalue weighted by Gasteiger charge is -2.22. The van der Waals surface area contributed by atoms with E-state index in [1.807, 2.05) is 48.5 Å². The first-order valence-corrected chi connectivity index (χ1v) is 9.08. The summed E-state index contributed by atoms with van der Waals surface area (Å²) in [4.78, 5) is 16.6. The molecule has 0 aliphatic heterocycles. The molecule has 1 N–H and O–H groups in total. The smallest absolute Gasteiger partial charge is 0.258 e. The average Bonchev–Trinajstić information content (AvgIpc) is 3.00. The van der Waals surface area contributed by atoms with E-state index >= 15 is 0 Å². The maximum absolute atomic E-state index is 12.1. The molecule has 4 nitrogen and oxygen atoms in total. The first-order chi connectivity index (χ1) is 11.9. The molecule has 25 heavy (non-hydrogen) atoms. The molecule has 0 aliphatic carbocycles. The van der Waals surface area contributed by atoms with Gasteiger partial charge in [0.25, 0.3) is 5.91 Å². The van der Waals surface area contributed by atoms with Crippen LogP contribution in [0.25, 0.3) is 10.2 Å². The van der Waals surface area contributed by atoms with Gasteiger partial charge < -0.3 is 10.1 Å². The highest BCUT2D eigenvalue weighted by Crippen LogP contribution is 2.30. The number of nitrogens with one attached hydrogen (secondary N) is 1. The summed E-state index contributed by atoms with van der Waals surface area (Å²) < 4.78 is 6.87. The number of benzene rings is 2. The van der Waals surface area contributed by atoms with Crippen LogP contribution in [-0.4, -0.2) is 17.5 Å². The van der Waals surface area contributed by atoms with Gasteiger partial charge in [-0.1, -0.05) is 51.1 Å². The number of aromatic nitrogens is 1. The van der Waals surface area contributed by atoms with Crippen molar-refractivity contribution in [2.45, 2.75) is 32.7 Å². The Morgan fingerprint density at radius 3 is 2.60 bits per heavy atom. The number of nitrogens with zero attached hydrogens (tertiary/aromatic N) is 1. The fourth-order valence-electron chi connectivity index (χ4n) is 2.58. The normalized spacial score (nSPS) is 11.5. The van der Waals surface area contributed by atoms with Gasteiger partial charge in [-0.05, 0) is 29.2 Å². The molecule has 5 heteroatoms. The second kappa shape index (κ2) is 7.23. The highest BCUT2D eigenvalue weighted by Gasteiger charge is 2.18. The van der Waals surface area contributed by atoms with Gasteiger partial charge in [-0.25, -0.2) is 4.98 Å². The molecule has 2 aromatic carbocycles. The van der Waals surface area contributed by atoms with Crippen molar-refractivity contribution in [1.29, 1.82) is 0 Å². The summed E-state index contributed by atoms with van der Waals surface area (Å²) in [5.74, 6) is 0.605. The Labute approximate surface area is 151 Å². The fourth-order valence-corrected chi connectivity index (χ4v) is 3.48. The van der Waals surface area contributed by atoms with E-state index < -0.39 is 0 Å². The molecular weight excluding hydrogens is 332 g/mol. The molecule has 0 aliphatic rings. The Kier molecular flexibility index (Phi) is 5.04. The molecule has 3 rings (SSSR count). The Bertz CT molecular complexity index is 848. The molecule has 0 saturated heterocycles. The Balaban J connectivity index is 1.57. The molecule has 0 radical (unpaired) electrons. The van der Waals surface area contributed by atoms with Crippen LogP contribution in [0.3, 0.4) is 0 Å². The predicted octanol–water partition coefficient (Wildman–Crippen LogP) is 4.29. The van der Waals surface area contributed by atoms with E-state index in [1.165, 1.54) is 0 Å². The molecule has 3 aromatic rings. The van der Waals surface area contributed by atoms with Crippen molar-refractivity contribution in [1.82, 2.24) is 10.3 Å². The van der Waals surface area contributed by atoms with Crippen molar-refractivity contribution in [3.05, 3.63) is 59.1 Å². The second-order valence-electron chi connectivity index (χ2n) is 6.89. The summed E-state index contributed by atoms with van der Waals surface area (Å²) in [6, 6.07) is 15.8. The van der Waals surface area contributed by atoms with Crippen molar-refractivity contribution in [2.24, 2.45) is 0 Å². The first-order valence-electron chi connectivity index (χ1n) is 8.27. The van der Waals surface area contributed by atoms with Crippen molar-refractivity contribution in [3.63, 3.8) is 0 Å². The van der Waals surface area contributed by atoms with E-state index in [4.69, 9.17) is 4.74 Å². The number of amides is 1. The van der Waals surface area contributed by atoms with Gasteiger partial charge in [0.2, 0.25) is 0 Å². The molecule has 1 amide bonds. The van der Waals surface area contributed by atoms with Crippen LogP contribution >= 0.6 is 11.3 Å². The van der Waals surface area contributed by atoms with Crippen molar-refractivity contribution >= 4 is 27.5 Å². The van der Waals surface area contributed by atoms with Crippen molar-refractivity contribution in [3.8, 4) is 5.75 Å². The summed E-state index contributed by atoms with van der Waals surface area (Å²) in [6.07, 6.45) is 0. The second-order valence-corrected chi connectivity index (χ2v) is 8.00. The quantitative estimate of drug-likeness (QED) is 0.744. The largest absolute Gasteiger partial charge is 0.483 e. The topological polar surface area (TPSA) is 51.2 Å². The van der Waals surface area contributed by atoms with Crippen LogP contribution in [0.15, 0.2) is 48.5 Å². The van der Waals surface area contributed by atoms with Gasteiger partial charge in [-0.3, -0.25) is 4.79 Å². The molecule has 130 valence electrons. The van der Waals surface area contributed by atoms with Gasteiger partial charge in [-0.15, -0.1) is 11.3 Å². The molecule has 0 bridgehead atoms. The van der Waals surface area contributed by atoms with E-state index in [0.29, 0.717) is 6.54 Å². The van der Waals surface area contributed by atoms with E-state index in [-0.39, 0.29) is 17.9 Å². The van der Waals surface area contributed by atoms with Gasteiger partial charge in [0.05, 0.1) is 16.8 Å². The third-order valence-electron chi connectivity index (χ3n) is 3.83. The fraction of sp³-hybridized carbons (Fsp3) is 0.300. The summed E-state index contributed by atoms with van der Waals surface area (Å²) >= 11 is 1.59. The van der Waals surface area contributed by atoms with Crippen LogP contribution in [0.5, 0.6) is 5.75 Å². The zero-order valence-electron chi connectivity index (χ0n) is 14.7. The van der Waals surface area contributed by atoms with E-state index in [2.05, 4.69) is 31.1 Å². The third-order valence-corrected chi connectivity index (χ3v) is 4.87. The molecule has 1 heterocycles. The molecule has 1 aromatic heterocycles. The minimum atomic E-state index is -0.150. The summed E-state index contributed by atoms with van der Waals surface area (Å²) in [6.45, 7) is 6.80. The molecule has 0 unspecified atom stereocenters. The minimum absolute atomic E-state index is 0.00200. The van der Waals surface area contributed by atoms with Gasteiger partial charge in [0.15, 0.2) is 6.61 Å².